The Morgan fingerprint density at radius 1 is 1.53 bits per heavy atom. The van der Waals surface area contributed by atoms with Gasteiger partial charge in [-0.15, -0.1) is 6.58 Å². The Morgan fingerprint density at radius 2 is 2.41 bits per heavy atom. The molecule has 1 saturated heterocycles. The summed E-state index contributed by atoms with van der Waals surface area (Å²) >= 11 is 0. The van der Waals surface area contributed by atoms with Crippen LogP contribution in [0.3, 0.4) is 0 Å². The molecule has 1 atom stereocenters. The fraction of sp³-hybridized carbons (Fsp3) is 0.467. The smallest absolute Gasteiger partial charge is 0.119 e. The second kappa shape index (κ2) is 5.87. The summed E-state index contributed by atoms with van der Waals surface area (Å²) in [6, 6.07) is 8.47. The van der Waals surface area contributed by atoms with Crippen molar-refractivity contribution in [2.75, 3.05) is 26.7 Å². The van der Waals surface area contributed by atoms with Crippen molar-refractivity contribution in [3.8, 4) is 5.75 Å². The number of benzene rings is 1. The summed E-state index contributed by atoms with van der Waals surface area (Å²) in [5.41, 5.74) is 1.40. The minimum atomic E-state index is 0.638. The molecule has 1 fully saturated rings. The lowest BCUT2D eigenvalue weighted by Crippen LogP contribution is -2.34. The van der Waals surface area contributed by atoms with Crippen LogP contribution >= 0.6 is 0 Å². The molecule has 0 N–H and O–H groups in total. The van der Waals surface area contributed by atoms with Crippen molar-refractivity contribution in [2.24, 2.45) is 0 Å². The topological polar surface area (TPSA) is 12.5 Å². The molecule has 0 spiro atoms. The van der Waals surface area contributed by atoms with Gasteiger partial charge in [0.25, 0.3) is 0 Å². The molecule has 17 heavy (non-hydrogen) atoms. The predicted octanol–water partition coefficient (Wildman–Crippen LogP) is 3.06. The van der Waals surface area contributed by atoms with Gasteiger partial charge in [-0.3, -0.25) is 4.90 Å². The van der Waals surface area contributed by atoms with E-state index in [1.54, 1.807) is 7.11 Å². The number of piperidine rings is 1. The lowest BCUT2D eigenvalue weighted by atomic mass is 9.90. The van der Waals surface area contributed by atoms with Gasteiger partial charge in [0, 0.05) is 13.1 Å². The first-order chi connectivity index (χ1) is 8.33. The molecule has 0 saturated carbocycles. The van der Waals surface area contributed by atoms with Crippen molar-refractivity contribution >= 4 is 0 Å². The molecule has 0 amide bonds. The average Bonchev–Trinajstić information content (AvgIpc) is 2.40. The Morgan fingerprint density at radius 3 is 3.18 bits per heavy atom. The van der Waals surface area contributed by atoms with Gasteiger partial charge < -0.3 is 4.74 Å². The molecule has 2 rings (SSSR count). The van der Waals surface area contributed by atoms with Crippen molar-refractivity contribution in [3.05, 3.63) is 42.5 Å². The van der Waals surface area contributed by atoms with E-state index in [1.165, 1.54) is 24.9 Å². The second-order valence-electron chi connectivity index (χ2n) is 4.66. The fourth-order valence-electron chi connectivity index (χ4n) is 2.57. The molecule has 0 radical (unpaired) electrons. The molecule has 1 aliphatic heterocycles. The summed E-state index contributed by atoms with van der Waals surface area (Å²) in [4.78, 5) is 2.47. The maximum absolute atomic E-state index is 5.29. The molecule has 92 valence electrons. The Hall–Kier alpha value is -1.28. The largest absolute Gasteiger partial charge is 0.497 e. The average molecular weight is 231 g/mol. The normalized spacial score (nSPS) is 21.1. The highest BCUT2D eigenvalue weighted by Crippen LogP contribution is 2.28. The molecule has 1 heterocycles. The maximum Gasteiger partial charge on any atom is 0.119 e. The quantitative estimate of drug-likeness (QED) is 0.738. The maximum atomic E-state index is 5.29. The molecule has 0 aromatic heterocycles. The van der Waals surface area contributed by atoms with E-state index in [1.807, 2.05) is 12.1 Å². The summed E-state index contributed by atoms with van der Waals surface area (Å²) in [6.07, 6.45) is 4.55. The zero-order chi connectivity index (χ0) is 12.1. The van der Waals surface area contributed by atoms with E-state index in [2.05, 4.69) is 29.7 Å². The minimum absolute atomic E-state index is 0.638. The Bertz CT molecular complexity index is 375. The zero-order valence-corrected chi connectivity index (χ0v) is 10.6. The first-order valence-electron chi connectivity index (χ1n) is 6.30. The highest BCUT2D eigenvalue weighted by Gasteiger charge is 2.20. The molecular weight excluding hydrogens is 210 g/mol. The highest BCUT2D eigenvalue weighted by molar-refractivity contribution is 5.31. The first-order valence-corrected chi connectivity index (χ1v) is 6.30. The molecule has 0 bridgehead atoms. The van der Waals surface area contributed by atoms with E-state index in [0.29, 0.717) is 5.92 Å². The van der Waals surface area contributed by atoms with Crippen LogP contribution in [0.1, 0.15) is 24.3 Å². The van der Waals surface area contributed by atoms with Crippen LogP contribution < -0.4 is 4.74 Å². The third-order valence-corrected chi connectivity index (χ3v) is 3.46. The van der Waals surface area contributed by atoms with Gasteiger partial charge in [-0.2, -0.15) is 0 Å². The standard InChI is InChI=1S/C15H21NO/c1-3-9-16-10-5-7-14(12-16)13-6-4-8-15(11-13)17-2/h3-4,6,8,11,14H,1,5,7,9-10,12H2,2H3. The number of rotatable bonds is 4. The predicted molar refractivity (Wildman–Crippen MR) is 71.6 cm³/mol. The molecule has 2 nitrogen and oxygen atoms in total. The van der Waals surface area contributed by atoms with E-state index in [-0.39, 0.29) is 0 Å². The van der Waals surface area contributed by atoms with Gasteiger partial charge in [0.15, 0.2) is 0 Å². The summed E-state index contributed by atoms with van der Waals surface area (Å²) in [5, 5.41) is 0. The van der Waals surface area contributed by atoms with Crippen molar-refractivity contribution in [1.29, 1.82) is 0 Å². The van der Waals surface area contributed by atoms with E-state index < -0.39 is 0 Å². The van der Waals surface area contributed by atoms with E-state index in [9.17, 15) is 0 Å². The molecule has 1 aromatic carbocycles. The van der Waals surface area contributed by atoms with Gasteiger partial charge in [-0.1, -0.05) is 18.2 Å². The molecular formula is C15H21NO. The van der Waals surface area contributed by atoms with E-state index >= 15 is 0 Å². The molecule has 1 aromatic rings. The van der Waals surface area contributed by atoms with Gasteiger partial charge >= 0.3 is 0 Å². The summed E-state index contributed by atoms with van der Waals surface area (Å²) in [5.74, 6) is 1.60. The summed E-state index contributed by atoms with van der Waals surface area (Å²) in [6.45, 7) is 7.16. The molecule has 2 heteroatoms. The number of nitrogens with zero attached hydrogens (tertiary/aromatic N) is 1. The number of hydrogen-bond acceptors (Lipinski definition) is 2. The number of hydrogen-bond donors (Lipinski definition) is 0. The van der Waals surface area contributed by atoms with Gasteiger partial charge in [0.05, 0.1) is 7.11 Å². The van der Waals surface area contributed by atoms with E-state index in [4.69, 9.17) is 4.74 Å². The molecule has 0 aliphatic carbocycles. The van der Waals surface area contributed by atoms with Gasteiger partial charge in [-0.05, 0) is 43.0 Å². The van der Waals surface area contributed by atoms with Crippen LogP contribution in [0.25, 0.3) is 0 Å². The Labute approximate surface area is 104 Å². The van der Waals surface area contributed by atoms with Crippen LogP contribution in [-0.4, -0.2) is 31.6 Å². The fourth-order valence-corrected chi connectivity index (χ4v) is 2.57. The first kappa shape index (κ1) is 12.2. The van der Waals surface area contributed by atoms with Crippen molar-refractivity contribution < 1.29 is 4.74 Å². The second-order valence-corrected chi connectivity index (χ2v) is 4.66. The third kappa shape index (κ3) is 3.10. The number of likely N-dealkylation sites (tertiary alicyclic amines) is 1. The number of methoxy groups -OCH3 is 1. The van der Waals surface area contributed by atoms with E-state index in [0.717, 1.165) is 18.8 Å². The Balaban J connectivity index is 2.07. The third-order valence-electron chi connectivity index (χ3n) is 3.46. The SMILES string of the molecule is C=CCN1CCCC(c2cccc(OC)c2)C1. The van der Waals surface area contributed by atoms with Gasteiger partial charge in [-0.25, -0.2) is 0 Å². The van der Waals surface area contributed by atoms with Crippen LogP contribution in [0.4, 0.5) is 0 Å². The summed E-state index contributed by atoms with van der Waals surface area (Å²) < 4.78 is 5.29. The Kier molecular flexibility index (Phi) is 4.21. The highest BCUT2D eigenvalue weighted by atomic mass is 16.5. The monoisotopic (exact) mass is 231 g/mol. The van der Waals surface area contributed by atoms with Crippen LogP contribution in [-0.2, 0) is 0 Å². The summed E-state index contributed by atoms with van der Waals surface area (Å²) in [7, 11) is 1.73. The van der Waals surface area contributed by atoms with Crippen molar-refractivity contribution in [1.82, 2.24) is 4.90 Å². The molecule has 1 aliphatic rings. The zero-order valence-electron chi connectivity index (χ0n) is 10.6. The van der Waals surface area contributed by atoms with Crippen molar-refractivity contribution in [2.45, 2.75) is 18.8 Å². The van der Waals surface area contributed by atoms with Gasteiger partial charge in [0.1, 0.15) is 5.75 Å². The lowest BCUT2D eigenvalue weighted by molar-refractivity contribution is 0.228. The lowest BCUT2D eigenvalue weighted by Gasteiger charge is -2.32. The van der Waals surface area contributed by atoms with Gasteiger partial charge in [0.2, 0.25) is 0 Å². The molecule has 1 unspecified atom stereocenters. The van der Waals surface area contributed by atoms with Crippen LogP contribution in [0.5, 0.6) is 5.75 Å². The van der Waals surface area contributed by atoms with Crippen LogP contribution in [0.15, 0.2) is 36.9 Å². The van der Waals surface area contributed by atoms with Crippen molar-refractivity contribution in [3.63, 3.8) is 0 Å². The van der Waals surface area contributed by atoms with Crippen LogP contribution in [0.2, 0.25) is 0 Å². The number of ether oxygens (including phenoxy) is 1. The minimum Gasteiger partial charge on any atom is -0.497 e. The van der Waals surface area contributed by atoms with Crippen LogP contribution in [0, 0.1) is 0 Å².